The molecule has 0 aliphatic carbocycles. The lowest BCUT2D eigenvalue weighted by Crippen LogP contribution is -2.13. The van der Waals surface area contributed by atoms with Crippen LogP contribution in [0.1, 0.15) is 25.8 Å². The molecule has 1 amide bonds. The van der Waals surface area contributed by atoms with E-state index in [2.05, 4.69) is 22.8 Å². The highest BCUT2D eigenvalue weighted by Gasteiger charge is 2.05. The first kappa shape index (κ1) is 17.9. The Kier molecular flexibility index (Phi) is 6.67. The highest BCUT2D eigenvalue weighted by Crippen LogP contribution is 2.15. The second-order valence-corrected chi connectivity index (χ2v) is 6.25. The van der Waals surface area contributed by atoms with Gasteiger partial charge in [0.25, 0.3) is 0 Å². The molecule has 0 saturated heterocycles. The number of carbonyl (C=O) groups is 1. The van der Waals surface area contributed by atoms with Crippen LogP contribution in [0.25, 0.3) is 0 Å². The first-order valence-electron chi connectivity index (χ1n) is 8.33. The first-order valence-corrected chi connectivity index (χ1v) is 8.33. The minimum Gasteiger partial charge on any atom is -0.497 e. The number of rotatable bonds is 8. The number of amides is 1. The largest absolute Gasteiger partial charge is 0.497 e. The zero-order valence-corrected chi connectivity index (χ0v) is 14.6. The summed E-state index contributed by atoms with van der Waals surface area (Å²) in [5.41, 5.74) is 3.15. The molecule has 2 aromatic rings. The van der Waals surface area contributed by atoms with Crippen molar-refractivity contribution in [2.24, 2.45) is 5.92 Å². The summed E-state index contributed by atoms with van der Waals surface area (Å²) in [5, 5.41) is 6.31. The van der Waals surface area contributed by atoms with Crippen LogP contribution >= 0.6 is 0 Å². The molecule has 0 saturated carbocycles. The summed E-state index contributed by atoms with van der Waals surface area (Å²) >= 11 is 0. The predicted octanol–water partition coefficient (Wildman–Crippen LogP) is 4.33. The van der Waals surface area contributed by atoms with Crippen molar-refractivity contribution in [2.45, 2.75) is 26.7 Å². The molecule has 2 aromatic carbocycles. The lowest BCUT2D eigenvalue weighted by atomic mass is 10.1. The average molecular weight is 326 g/mol. The summed E-state index contributed by atoms with van der Waals surface area (Å²) in [7, 11) is 1.67. The predicted molar refractivity (Wildman–Crippen MR) is 99.7 cm³/mol. The van der Waals surface area contributed by atoms with Crippen LogP contribution in [0.3, 0.4) is 0 Å². The molecular weight excluding hydrogens is 300 g/mol. The Morgan fingerprint density at radius 2 is 1.62 bits per heavy atom. The fourth-order valence-electron chi connectivity index (χ4n) is 2.40. The van der Waals surface area contributed by atoms with Crippen molar-refractivity contribution in [1.29, 1.82) is 0 Å². The van der Waals surface area contributed by atoms with Crippen molar-refractivity contribution in [2.75, 3.05) is 24.3 Å². The third-order valence-corrected chi connectivity index (χ3v) is 3.66. The molecule has 0 aromatic heterocycles. The number of hydrogen-bond acceptors (Lipinski definition) is 3. The summed E-state index contributed by atoms with van der Waals surface area (Å²) in [6.45, 7) is 4.93. The van der Waals surface area contributed by atoms with Gasteiger partial charge in [-0.1, -0.05) is 26.0 Å². The Hall–Kier alpha value is -2.49. The van der Waals surface area contributed by atoms with E-state index in [9.17, 15) is 4.79 Å². The van der Waals surface area contributed by atoms with Gasteiger partial charge in [0, 0.05) is 24.3 Å². The van der Waals surface area contributed by atoms with Crippen molar-refractivity contribution in [3.63, 3.8) is 0 Å². The van der Waals surface area contributed by atoms with Crippen LogP contribution in [-0.2, 0) is 11.2 Å². The van der Waals surface area contributed by atoms with E-state index in [0.29, 0.717) is 12.3 Å². The van der Waals surface area contributed by atoms with Crippen LogP contribution in [0.5, 0.6) is 5.75 Å². The van der Waals surface area contributed by atoms with Crippen LogP contribution in [0.2, 0.25) is 0 Å². The minimum absolute atomic E-state index is 0.0604. The Balaban J connectivity index is 1.77. The monoisotopic (exact) mass is 326 g/mol. The van der Waals surface area contributed by atoms with E-state index in [1.165, 1.54) is 5.56 Å². The maximum Gasteiger partial charge on any atom is 0.224 e. The topological polar surface area (TPSA) is 50.4 Å². The smallest absolute Gasteiger partial charge is 0.224 e. The number of carbonyl (C=O) groups excluding carboxylic acids is 1. The van der Waals surface area contributed by atoms with Gasteiger partial charge in [0.15, 0.2) is 0 Å². The minimum atomic E-state index is 0.0604. The van der Waals surface area contributed by atoms with Gasteiger partial charge in [-0.3, -0.25) is 4.79 Å². The third kappa shape index (κ3) is 5.95. The molecule has 128 valence electrons. The molecule has 4 heteroatoms. The summed E-state index contributed by atoms with van der Waals surface area (Å²) in [6, 6.07) is 15.9. The van der Waals surface area contributed by atoms with Gasteiger partial charge >= 0.3 is 0 Å². The van der Waals surface area contributed by atoms with Crippen molar-refractivity contribution in [3.05, 3.63) is 54.1 Å². The highest BCUT2D eigenvalue weighted by atomic mass is 16.5. The molecule has 0 spiro atoms. The molecule has 0 atom stereocenters. The van der Waals surface area contributed by atoms with Crippen molar-refractivity contribution in [3.8, 4) is 5.75 Å². The van der Waals surface area contributed by atoms with E-state index < -0.39 is 0 Å². The molecule has 2 N–H and O–H groups in total. The molecule has 0 bridgehead atoms. The number of methoxy groups -OCH3 is 1. The molecule has 4 nitrogen and oxygen atoms in total. The third-order valence-electron chi connectivity index (χ3n) is 3.66. The molecule has 0 fully saturated rings. The van der Waals surface area contributed by atoms with Gasteiger partial charge in [-0.05, 0) is 54.3 Å². The van der Waals surface area contributed by atoms with Crippen molar-refractivity contribution < 1.29 is 9.53 Å². The summed E-state index contributed by atoms with van der Waals surface area (Å²) in [5.74, 6) is 1.30. The Labute approximate surface area is 144 Å². The number of ether oxygens (including phenoxy) is 1. The molecule has 0 aliphatic rings. The Morgan fingerprint density at radius 1 is 1.00 bits per heavy atom. The van der Waals surface area contributed by atoms with E-state index in [4.69, 9.17) is 4.74 Å². The maximum atomic E-state index is 11.7. The fraction of sp³-hybridized carbons (Fsp3) is 0.350. The second kappa shape index (κ2) is 8.96. The van der Waals surface area contributed by atoms with Crippen LogP contribution in [0, 0.1) is 5.92 Å². The van der Waals surface area contributed by atoms with Gasteiger partial charge in [0.2, 0.25) is 5.91 Å². The van der Waals surface area contributed by atoms with E-state index >= 15 is 0 Å². The van der Waals surface area contributed by atoms with Crippen LogP contribution in [-0.4, -0.2) is 19.6 Å². The maximum absolute atomic E-state index is 11.7. The SMILES string of the molecule is COc1ccc(CCNc2ccc(NC(=O)CC(C)C)cc2)cc1. The standard InChI is InChI=1S/C20H26N2O2/c1-15(2)14-20(23)22-18-8-6-17(7-9-18)21-13-12-16-4-10-19(24-3)11-5-16/h4-11,15,21H,12-14H2,1-3H3,(H,22,23). The highest BCUT2D eigenvalue weighted by molar-refractivity contribution is 5.90. The molecular formula is C20H26N2O2. The van der Waals surface area contributed by atoms with Gasteiger partial charge in [-0.2, -0.15) is 0 Å². The van der Waals surface area contributed by atoms with Crippen molar-refractivity contribution >= 4 is 17.3 Å². The van der Waals surface area contributed by atoms with Gasteiger partial charge in [-0.15, -0.1) is 0 Å². The zero-order valence-electron chi connectivity index (χ0n) is 14.6. The lowest BCUT2D eigenvalue weighted by molar-refractivity contribution is -0.116. The van der Waals surface area contributed by atoms with Crippen LogP contribution < -0.4 is 15.4 Å². The molecule has 24 heavy (non-hydrogen) atoms. The van der Waals surface area contributed by atoms with Crippen LogP contribution in [0.15, 0.2) is 48.5 Å². The Morgan fingerprint density at radius 3 is 2.21 bits per heavy atom. The summed E-state index contributed by atoms with van der Waals surface area (Å²) in [6.07, 6.45) is 1.48. The summed E-state index contributed by atoms with van der Waals surface area (Å²) < 4.78 is 5.16. The van der Waals surface area contributed by atoms with Gasteiger partial charge < -0.3 is 15.4 Å². The quantitative estimate of drug-likeness (QED) is 0.759. The van der Waals surface area contributed by atoms with E-state index in [-0.39, 0.29) is 5.91 Å². The lowest BCUT2D eigenvalue weighted by Gasteiger charge is -2.10. The molecule has 0 unspecified atom stereocenters. The summed E-state index contributed by atoms with van der Waals surface area (Å²) in [4.78, 5) is 11.7. The van der Waals surface area contributed by atoms with E-state index in [1.54, 1.807) is 7.11 Å². The Bertz CT molecular complexity index is 634. The number of anilines is 2. The van der Waals surface area contributed by atoms with E-state index in [1.807, 2.05) is 50.2 Å². The number of hydrogen-bond donors (Lipinski definition) is 2. The van der Waals surface area contributed by atoms with Crippen LogP contribution in [0.4, 0.5) is 11.4 Å². The van der Waals surface area contributed by atoms with E-state index in [0.717, 1.165) is 30.1 Å². The van der Waals surface area contributed by atoms with Gasteiger partial charge in [0.05, 0.1) is 7.11 Å². The van der Waals surface area contributed by atoms with Gasteiger partial charge in [0.1, 0.15) is 5.75 Å². The molecule has 2 rings (SSSR count). The number of nitrogens with one attached hydrogen (secondary N) is 2. The normalized spacial score (nSPS) is 10.5. The number of benzene rings is 2. The zero-order chi connectivity index (χ0) is 17.4. The molecule has 0 radical (unpaired) electrons. The first-order chi connectivity index (χ1) is 11.6. The second-order valence-electron chi connectivity index (χ2n) is 6.25. The average Bonchev–Trinajstić information content (AvgIpc) is 2.56. The van der Waals surface area contributed by atoms with Crippen molar-refractivity contribution in [1.82, 2.24) is 0 Å². The molecule has 0 heterocycles. The fourth-order valence-corrected chi connectivity index (χ4v) is 2.40. The van der Waals surface area contributed by atoms with Gasteiger partial charge in [-0.25, -0.2) is 0 Å². The molecule has 0 aliphatic heterocycles.